The van der Waals surface area contributed by atoms with Crippen LogP contribution in [0.5, 0.6) is 5.75 Å². The van der Waals surface area contributed by atoms with Crippen molar-refractivity contribution in [2.45, 2.75) is 39.5 Å². The fourth-order valence-electron chi connectivity index (χ4n) is 2.12. The highest BCUT2D eigenvalue weighted by molar-refractivity contribution is 9.10. The molecule has 0 fully saturated rings. The lowest BCUT2D eigenvalue weighted by atomic mass is 9.97. The zero-order valence-corrected chi connectivity index (χ0v) is 13.4. The maximum absolute atomic E-state index is 12.3. The quantitative estimate of drug-likeness (QED) is 0.793. The van der Waals surface area contributed by atoms with E-state index in [2.05, 4.69) is 35.1 Å². The fourth-order valence-corrected chi connectivity index (χ4v) is 2.48. The van der Waals surface area contributed by atoms with Crippen LogP contribution in [0.25, 0.3) is 0 Å². The Morgan fingerprint density at radius 2 is 1.95 bits per heavy atom. The molecule has 106 valence electrons. The monoisotopic (exact) mass is 327 g/mol. The van der Waals surface area contributed by atoms with Gasteiger partial charge in [0.15, 0.2) is 0 Å². The molecule has 0 bridgehead atoms. The summed E-state index contributed by atoms with van der Waals surface area (Å²) in [6.07, 6.45) is 3.90. The van der Waals surface area contributed by atoms with Gasteiger partial charge >= 0.3 is 0 Å². The number of carbonyl (C=O) groups excluding carboxylic acids is 1. The summed E-state index contributed by atoms with van der Waals surface area (Å²) in [4.78, 5) is 12.3. The summed E-state index contributed by atoms with van der Waals surface area (Å²) in [5, 5.41) is 2.98. The van der Waals surface area contributed by atoms with E-state index < -0.39 is 0 Å². The first-order chi connectivity index (χ1) is 9.12. The van der Waals surface area contributed by atoms with Crippen molar-refractivity contribution in [1.82, 2.24) is 0 Å². The van der Waals surface area contributed by atoms with Crippen molar-refractivity contribution < 1.29 is 9.53 Å². The number of ether oxygens (including phenoxy) is 1. The summed E-state index contributed by atoms with van der Waals surface area (Å²) < 4.78 is 6.19. The Morgan fingerprint density at radius 3 is 2.47 bits per heavy atom. The van der Waals surface area contributed by atoms with Crippen LogP contribution in [0.4, 0.5) is 5.69 Å². The molecule has 0 radical (unpaired) electrons. The molecule has 0 saturated heterocycles. The molecule has 0 spiro atoms. The lowest BCUT2D eigenvalue weighted by Gasteiger charge is -2.17. The van der Waals surface area contributed by atoms with Crippen LogP contribution in [-0.4, -0.2) is 13.0 Å². The van der Waals surface area contributed by atoms with Gasteiger partial charge in [-0.3, -0.25) is 4.79 Å². The molecular weight excluding hydrogens is 306 g/mol. The number of benzene rings is 1. The van der Waals surface area contributed by atoms with Crippen LogP contribution in [0.2, 0.25) is 0 Å². The standard InChI is InChI=1S/C15H22BrNO2/c1-4-6-11(7-5-2)15(18)17-13-10-12(16)8-9-14(13)19-3/h8-11H,4-7H2,1-3H3,(H,17,18). The molecule has 3 nitrogen and oxygen atoms in total. The van der Waals surface area contributed by atoms with E-state index in [1.165, 1.54) is 0 Å². The third-order valence-corrected chi connectivity index (χ3v) is 3.56. The molecule has 0 unspecified atom stereocenters. The van der Waals surface area contributed by atoms with Gasteiger partial charge in [0.1, 0.15) is 5.75 Å². The zero-order chi connectivity index (χ0) is 14.3. The molecule has 4 heteroatoms. The van der Waals surface area contributed by atoms with E-state index in [1.54, 1.807) is 7.11 Å². The average Bonchev–Trinajstić information content (AvgIpc) is 2.38. The average molecular weight is 328 g/mol. The van der Waals surface area contributed by atoms with E-state index in [0.717, 1.165) is 35.8 Å². The first-order valence-electron chi connectivity index (χ1n) is 6.76. The number of nitrogens with one attached hydrogen (secondary N) is 1. The highest BCUT2D eigenvalue weighted by Crippen LogP contribution is 2.29. The molecule has 19 heavy (non-hydrogen) atoms. The fraction of sp³-hybridized carbons (Fsp3) is 0.533. The number of hydrogen-bond donors (Lipinski definition) is 1. The highest BCUT2D eigenvalue weighted by Gasteiger charge is 2.18. The van der Waals surface area contributed by atoms with Crippen LogP contribution in [0, 0.1) is 5.92 Å². The Hall–Kier alpha value is -1.03. The van der Waals surface area contributed by atoms with Crippen LogP contribution in [0.15, 0.2) is 22.7 Å². The van der Waals surface area contributed by atoms with Gasteiger partial charge in [-0.15, -0.1) is 0 Å². The molecule has 1 rings (SSSR count). The molecule has 0 aliphatic heterocycles. The summed E-state index contributed by atoms with van der Waals surface area (Å²) in [7, 11) is 1.61. The third-order valence-electron chi connectivity index (χ3n) is 3.06. The Kier molecular flexibility index (Phi) is 6.92. The van der Waals surface area contributed by atoms with Gasteiger partial charge in [0.25, 0.3) is 0 Å². The van der Waals surface area contributed by atoms with Gasteiger partial charge in [0, 0.05) is 10.4 Å². The molecule has 1 N–H and O–H groups in total. The Morgan fingerprint density at radius 1 is 1.32 bits per heavy atom. The van der Waals surface area contributed by atoms with Crippen molar-refractivity contribution >= 4 is 27.5 Å². The topological polar surface area (TPSA) is 38.3 Å². The number of halogens is 1. The van der Waals surface area contributed by atoms with Gasteiger partial charge < -0.3 is 10.1 Å². The first-order valence-corrected chi connectivity index (χ1v) is 7.56. The molecule has 1 aromatic rings. The number of rotatable bonds is 7. The van der Waals surface area contributed by atoms with Gasteiger partial charge in [-0.25, -0.2) is 0 Å². The first kappa shape index (κ1) is 16.0. The van der Waals surface area contributed by atoms with Crippen LogP contribution in [0.3, 0.4) is 0 Å². The van der Waals surface area contributed by atoms with Crippen molar-refractivity contribution in [2.24, 2.45) is 5.92 Å². The number of methoxy groups -OCH3 is 1. The lowest BCUT2D eigenvalue weighted by molar-refractivity contribution is -0.120. The molecule has 1 amide bonds. The van der Waals surface area contributed by atoms with E-state index in [4.69, 9.17) is 4.74 Å². The molecule has 0 saturated carbocycles. The number of carbonyl (C=O) groups is 1. The number of hydrogen-bond acceptors (Lipinski definition) is 2. The highest BCUT2D eigenvalue weighted by atomic mass is 79.9. The van der Waals surface area contributed by atoms with Gasteiger partial charge in [0.05, 0.1) is 12.8 Å². The van der Waals surface area contributed by atoms with Crippen LogP contribution in [-0.2, 0) is 4.79 Å². The largest absolute Gasteiger partial charge is 0.495 e. The molecule has 0 aromatic heterocycles. The normalized spacial score (nSPS) is 10.6. The summed E-state index contributed by atoms with van der Waals surface area (Å²) in [6.45, 7) is 4.21. The minimum atomic E-state index is 0.0821. The Labute approximate surface area is 123 Å². The SMILES string of the molecule is CCCC(CCC)C(=O)Nc1cc(Br)ccc1OC. The number of amides is 1. The van der Waals surface area contributed by atoms with E-state index in [1.807, 2.05) is 18.2 Å². The van der Waals surface area contributed by atoms with E-state index in [9.17, 15) is 4.79 Å². The number of anilines is 1. The maximum Gasteiger partial charge on any atom is 0.227 e. The van der Waals surface area contributed by atoms with Gasteiger partial charge in [-0.1, -0.05) is 42.6 Å². The summed E-state index contributed by atoms with van der Waals surface area (Å²) in [5.41, 5.74) is 0.721. The second kappa shape index (κ2) is 8.20. The summed E-state index contributed by atoms with van der Waals surface area (Å²) in [6, 6.07) is 5.60. The predicted molar refractivity (Wildman–Crippen MR) is 82.6 cm³/mol. The minimum absolute atomic E-state index is 0.0821. The van der Waals surface area contributed by atoms with Crippen LogP contribution < -0.4 is 10.1 Å². The molecule has 0 atom stereocenters. The molecule has 0 aliphatic rings. The zero-order valence-electron chi connectivity index (χ0n) is 11.8. The summed E-state index contributed by atoms with van der Waals surface area (Å²) >= 11 is 3.41. The van der Waals surface area contributed by atoms with Gasteiger partial charge in [-0.05, 0) is 31.0 Å². The molecule has 0 heterocycles. The van der Waals surface area contributed by atoms with Crippen molar-refractivity contribution in [3.8, 4) is 5.75 Å². The van der Waals surface area contributed by atoms with Crippen molar-refractivity contribution in [2.75, 3.05) is 12.4 Å². The van der Waals surface area contributed by atoms with Crippen molar-refractivity contribution in [3.05, 3.63) is 22.7 Å². The summed E-state index contributed by atoms with van der Waals surface area (Å²) in [5.74, 6) is 0.849. The molecule has 0 aliphatic carbocycles. The second-order valence-electron chi connectivity index (χ2n) is 4.61. The predicted octanol–water partition coefficient (Wildman–Crippen LogP) is 4.61. The van der Waals surface area contributed by atoms with E-state index in [0.29, 0.717) is 5.75 Å². The van der Waals surface area contributed by atoms with Gasteiger partial charge in [0.2, 0.25) is 5.91 Å². The second-order valence-corrected chi connectivity index (χ2v) is 5.52. The van der Waals surface area contributed by atoms with Crippen LogP contribution >= 0.6 is 15.9 Å². The molecule has 1 aromatic carbocycles. The molecular formula is C15H22BrNO2. The van der Waals surface area contributed by atoms with Crippen molar-refractivity contribution in [3.63, 3.8) is 0 Å². The van der Waals surface area contributed by atoms with Gasteiger partial charge in [-0.2, -0.15) is 0 Å². The minimum Gasteiger partial charge on any atom is -0.495 e. The van der Waals surface area contributed by atoms with Crippen LogP contribution in [0.1, 0.15) is 39.5 Å². The Bertz CT molecular complexity index is 415. The third kappa shape index (κ3) is 4.86. The Balaban J connectivity index is 2.82. The lowest BCUT2D eigenvalue weighted by Crippen LogP contribution is -2.23. The van der Waals surface area contributed by atoms with E-state index >= 15 is 0 Å². The van der Waals surface area contributed by atoms with E-state index in [-0.39, 0.29) is 11.8 Å². The maximum atomic E-state index is 12.3. The van der Waals surface area contributed by atoms with Crippen molar-refractivity contribution in [1.29, 1.82) is 0 Å². The smallest absolute Gasteiger partial charge is 0.227 e.